The lowest BCUT2D eigenvalue weighted by atomic mass is 10.1. The molecule has 1 fully saturated rings. The number of aromatic nitrogens is 1. The zero-order valence-electron chi connectivity index (χ0n) is 10.9. The normalized spacial score (nSPS) is 23.3. The number of carbonyl (C=O) groups excluding carboxylic acids is 1. The molecule has 1 atom stereocenters. The molecule has 0 aliphatic carbocycles. The predicted molar refractivity (Wildman–Crippen MR) is 67.5 cm³/mol. The molecule has 0 aromatic carbocycles. The Morgan fingerprint density at radius 1 is 1.58 bits per heavy atom. The van der Waals surface area contributed by atoms with Crippen molar-refractivity contribution in [3.8, 4) is 0 Å². The molecule has 2 aliphatic rings. The van der Waals surface area contributed by atoms with E-state index >= 15 is 0 Å². The maximum atomic E-state index is 11.9. The fourth-order valence-electron chi connectivity index (χ4n) is 2.63. The van der Waals surface area contributed by atoms with Crippen LogP contribution in [-0.2, 0) is 22.5 Å². The minimum Gasteiger partial charge on any atom is -0.376 e. The van der Waals surface area contributed by atoms with Gasteiger partial charge in [0.05, 0.1) is 18.3 Å². The molecule has 104 valence electrons. The number of nitrogens with one attached hydrogen (secondary N) is 1. The van der Waals surface area contributed by atoms with Crippen LogP contribution in [0.4, 0.5) is 0 Å². The summed E-state index contributed by atoms with van der Waals surface area (Å²) in [7, 11) is 0. The fraction of sp³-hybridized carbons (Fsp3) is 0.692. The molecule has 3 heterocycles. The van der Waals surface area contributed by atoms with Crippen molar-refractivity contribution in [1.29, 1.82) is 0 Å². The van der Waals surface area contributed by atoms with Crippen molar-refractivity contribution < 1.29 is 14.1 Å². The zero-order chi connectivity index (χ0) is 13.1. The highest BCUT2D eigenvalue weighted by Crippen LogP contribution is 2.16. The largest absolute Gasteiger partial charge is 0.376 e. The molecule has 1 aromatic rings. The van der Waals surface area contributed by atoms with Crippen LogP contribution < -0.4 is 5.32 Å². The lowest BCUT2D eigenvalue weighted by molar-refractivity contribution is -0.123. The summed E-state index contributed by atoms with van der Waals surface area (Å²) in [5.41, 5.74) is 2.12. The van der Waals surface area contributed by atoms with Crippen LogP contribution >= 0.6 is 0 Å². The Hall–Kier alpha value is -1.40. The van der Waals surface area contributed by atoms with E-state index in [1.807, 2.05) is 0 Å². The van der Waals surface area contributed by atoms with Crippen molar-refractivity contribution in [3.05, 3.63) is 17.5 Å². The van der Waals surface area contributed by atoms with E-state index in [2.05, 4.69) is 15.4 Å². The van der Waals surface area contributed by atoms with Gasteiger partial charge in [-0.05, 0) is 12.8 Å². The van der Waals surface area contributed by atoms with E-state index in [4.69, 9.17) is 9.26 Å². The van der Waals surface area contributed by atoms with Crippen molar-refractivity contribution in [1.82, 2.24) is 15.4 Å². The molecule has 2 aliphatic heterocycles. The average molecular weight is 265 g/mol. The number of ether oxygens (including phenoxy) is 1. The Kier molecular flexibility index (Phi) is 3.79. The minimum atomic E-state index is 0.0652. The number of carbonyl (C=O) groups is 1. The van der Waals surface area contributed by atoms with Crippen LogP contribution in [0.15, 0.2) is 10.8 Å². The van der Waals surface area contributed by atoms with Gasteiger partial charge in [0.2, 0.25) is 5.91 Å². The molecule has 0 spiro atoms. The molecule has 0 bridgehead atoms. The Bertz CT molecular complexity index is 440. The van der Waals surface area contributed by atoms with Crippen LogP contribution in [0.5, 0.6) is 0 Å². The zero-order valence-corrected chi connectivity index (χ0v) is 10.9. The molecule has 1 N–H and O–H groups in total. The van der Waals surface area contributed by atoms with Gasteiger partial charge in [-0.25, -0.2) is 0 Å². The highest BCUT2D eigenvalue weighted by atomic mass is 16.5. The topological polar surface area (TPSA) is 67.6 Å². The van der Waals surface area contributed by atoms with E-state index in [1.54, 1.807) is 6.26 Å². The Morgan fingerprint density at radius 2 is 2.53 bits per heavy atom. The smallest absolute Gasteiger partial charge is 0.234 e. The third-order valence-electron chi connectivity index (χ3n) is 3.71. The molecule has 6 nitrogen and oxygen atoms in total. The molecular formula is C13H19N3O3. The average Bonchev–Trinajstić information content (AvgIpc) is 3.07. The van der Waals surface area contributed by atoms with E-state index in [0.717, 1.165) is 50.2 Å². The van der Waals surface area contributed by atoms with Crippen LogP contribution in [0.3, 0.4) is 0 Å². The second kappa shape index (κ2) is 5.71. The maximum absolute atomic E-state index is 11.9. The van der Waals surface area contributed by atoms with Crippen LogP contribution in [0.2, 0.25) is 0 Å². The molecule has 6 heteroatoms. The number of amides is 1. The van der Waals surface area contributed by atoms with E-state index in [9.17, 15) is 4.79 Å². The molecule has 1 amide bonds. The minimum absolute atomic E-state index is 0.0652. The van der Waals surface area contributed by atoms with Gasteiger partial charge in [-0.15, -0.1) is 0 Å². The highest BCUT2D eigenvalue weighted by molar-refractivity contribution is 5.78. The predicted octanol–water partition coefficient (Wildman–Crippen LogP) is 0.328. The molecular weight excluding hydrogens is 246 g/mol. The highest BCUT2D eigenvalue weighted by Gasteiger charge is 2.22. The first-order valence-corrected chi connectivity index (χ1v) is 6.84. The monoisotopic (exact) mass is 265 g/mol. The van der Waals surface area contributed by atoms with Gasteiger partial charge in [-0.3, -0.25) is 9.69 Å². The molecule has 1 saturated heterocycles. The maximum Gasteiger partial charge on any atom is 0.234 e. The lowest BCUT2D eigenvalue weighted by Gasteiger charge is -2.25. The fourth-order valence-corrected chi connectivity index (χ4v) is 2.63. The van der Waals surface area contributed by atoms with Crippen LogP contribution in [0.1, 0.15) is 24.1 Å². The second-order valence-corrected chi connectivity index (χ2v) is 5.19. The van der Waals surface area contributed by atoms with Gasteiger partial charge in [0.1, 0.15) is 6.26 Å². The number of fused-ring (bicyclic) bond motifs is 1. The summed E-state index contributed by atoms with van der Waals surface area (Å²) in [5, 5.41) is 6.89. The molecule has 0 radical (unpaired) electrons. The van der Waals surface area contributed by atoms with Gasteiger partial charge < -0.3 is 14.6 Å². The van der Waals surface area contributed by atoms with Crippen LogP contribution in [-0.4, -0.2) is 48.3 Å². The lowest BCUT2D eigenvalue weighted by Crippen LogP contribution is -2.41. The summed E-state index contributed by atoms with van der Waals surface area (Å²) in [6, 6.07) is 0. The first kappa shape index (κ1) is 12.6. The van der Waals surface area contributed by atoms with Crippen molar-refractivity contribution in [2.45, 2.75) is 31.9 Å². The van der Waals surface area contributed by atoms with E-state index in [-0.39, 0.29) is 12.0 Å². The number of hydrogen-bond acceptors (Lipinski definition) is 5. The van der Waals surface area contributed by atoms with Crippen LogP contribution in [0.25, 0.3) is 0 Å². The molecule has 19 heavy (non-hydrogen) atoms. The second-order valence-electron chi connectivity index (χ2n) is 5.19. The van der Waals surface area contributed by atoms with Crippen molar-refractivity contribution in [2.75, 3.05) is 26.2 Å². The third-order valence-corrected chi connectivity index (χ3v) is 3.71. The Morgan fingerprint density at radius 3 is 3.37 bits per heavy atom. The number of rotatable bonds is 4. The van der Waals surface area contributed by atoms with Gasteiger partial charge in [0, 0.05) is 38.2 Å². The van der Waals surface area contributed by atoms with Gasteiger partial charge in [-0.1, -0.05) is 5.16 Å². The quantitative estimate of drug-likeness (QED) is 0.849. The summed E-state index contributed by atoms with van der Waals surface area (Å²) >= 11 is 0. The standard InChI is InChI=1S/C13H19N3O3/c17-13(14-6-11-2-1-5-18-11)8-16-4-3-12-10(7-16)9-19-15-12/h9,11H,1-8H2,(H,14,17)/t11-/m1/s1. The van der Waals surface area contributed by atoms with Gasteiger partial charge >= 0.3 is 0 Å². The van der Waals surface area contributed by atoms with E-state index < -0.39 is 0 Å². The number of nitrogens with zero attached hydrogens (tertiary/aromatic N) is 2. The molecule has 1 aromatic heterocycles. The molecule has 0 unspecified atom stereocenters. The summed E-state index contributed by atoms with van der Waals surface area (Å²) in [6.45, 7) is 3.48. The van der Waals surface area contributed by atoms with Gasteiger partial charge in [0.15, 0.2) is 0 Å². The Balaban J connectivity index is 1.42. The van der Waals surface area contributed by atoms with Gasteiger partial charge in [-0.2, -0.15) is 0 Å². The summed E-state index contributed by atoms with van der Waals surface area (Å²) in [6.07, 6.45) is 4.88. The molecule has 0 saturated carbocycles. The Labute approximate surface area is 112 Å². The van der Waals surface area contributed by atoms with Crippen molar-refractivity contribution >= 4 is 5.91 Å². The van der Waals surface area contributed by atoms with Crippen LogP contribution in [0, 0.1) is 0 Å². The SMILES string of the molecule is O=C(CN1CCc2nocc2C1)NC[C@H]1CCCO1. The number of hydrogen-bond donors (Lipinski definition) is 1. The third kappa shape index (κ3) is 3.13. The summed E-state index contributed by atoms with van der Waals surface area (Å²) < 4.78 is 10.4. The molecule has 3 rings (SSSR count). The van der Waals surface area contributed by atoms with Crippen molar-refractivity contribution in [3.63, 3.8) is 0 Å². The van der Waals surface area contributed by atoms with E-state index in [0.29, 0.717) is 13.1 Å². The summed E-state index contributed by atoms with van der Waals surface area (Å²) in [5.74, 6) is 0.0652. The first-order valence-electron chi connectivity index (χ1n) is 6.84. The first-order chi connectivity index (χ1) is 9.31. The van der Waals surface area contributed by atoms with E-state index in [1.165, 1.54) is 0 Å². The van der Waals surface area contributed by atoms with Gasteiger partial charge in [0.25, 0.3) is 0 Å². The van der Waals surface area contributed by atoms with Crippen molar-refractivity contribution in [2.24, 2.45) is 0 Å². The summed E-state index contributed by atoms with van der Waals surface area (Å²) in [4.78, 5) is 14.0.